The number of amides is 3. The van der Waals surface area contributed by atoms with Crippen molar-refractivity contribution in [3.63, 3.8) is 0 Å². The van der Waals surface area contributed by atoms with Crippen molar-refractivity contribution in [2.75, 3.05) is 16.8 Å². The van der Waals surface area contributed by atoms with E-state index in [0.29, 0.717) is 5.69 Å². The molecule has 2 unspecified atom stereocenters. The van der Waals surface area contributed by atoms with Crippen molar-refractivity contribution in [2.24, 2.45) is 4.99 Å². The van der Waals surface area contributed by atoms with Crippen molar-refractivity contribution in [3.8, 4) is 0 Å². The van der Waals surface area contributed by atoms with Crippen molar-refractivity contribution < 1.29 is 9.59 Å². The fourth-order valence-corrected chi connectivity index (χ4v) is 3.95. The van der Waals surface area contributed by atoms with Gasteiger partial charge >= 0.3 is 6.03 Å². The van der Waals surface area contributed by atoms with Crippen LogP contribution in [0.2, 0.25) is 0 Å². The van der Waals surface area contributed by atoms with E-state index in [1.165, 1.54) is 11.9 Å². The summed E-state index contributed by atoms with van der Waals surface area (Å²) in [6.45, 7) is 1.76. The number of halogens is 1. The molecule has 0 aliphatic carbocycles. The van der Waals surface area contributed by atoms with Crippen LogP contribution in [0.25, 0.3) is 0 Å². The molecule has 3 amide bonds. The highest BCUT2D eigenvalue weighted by Crippen LogP contribution is 2.42. The molecule has 2 aromatic carbocycles. The van der Waals surface area contributed by atoms with E-state index in [2.05, 4.69) is 4.99 Å². The molecule has 2 aromatic rings. The van der Waals surface area contributed by atoms with Crippen molar-refractivity contribution in [3.05, 3.63) is 60.7 Å². The molecule has 1 fully saturated rings. The number of nitrogens with zero attached hydrogens (tertiary/aromatic N) is 4. The summed E-state index contributed by atoms with van der Waals surface area (Å²) < 4.78 is 0. The number of hydrogen-bond acceptors (Lipinski definition) is 4. The average Bonchev–Trinajstić information content (AvgIpc) is 2.92. The molecule has 1 saturated heterocycles. The minimum atomic E-state index is -1.14. The van der Waals surface area contributed by atoms with Gasteiger partial charge in [0.2, 0.25) is 5.29 Å². The highest BCUT2D eigenvalue weighted by molar-refractivity contribution is 6.68. The summed E-state index contributed by atoms with van der Waals surface area (Å²) in [7, 11) is 1.48. The second-order valence-corrected chi connectivity index (χ2v) is 6.77. The molecule has 26 heavy (non-hydrogen) atoms. The van der Waals surface area contributed by atoms with E-state index in [1.54, 1.807) is 11.8 Å². The summed E-state index contributed by atoms with van der Waals surface area (Å²) in [6.07, 6.45) is 0. The molecule has 7 heteroatoms. The summed E-state index contributed by atoms with van der Waals surface area (Å²) in [4.78, 5) is 34.9. The lowest BCUT2D eigenvalue weighted by Crippen LogP contribution is -2.71. The van der Waals surface area contributed by atoms with Gasteiger partial charge in [0.1, 0.15) is 0 Å². The van der Waals surface area contributed by atoms with Crippen LogP contribution < -0.4 is 9.80 Å². The maximum Gasteiger partial charge on any atom is 0.333 e. The molecule has 4 rings (SSSR count). The molecule has 0 saturated carbocycles. The Morgan fingerprint density at radius 1 is 0.962 bits per heavy atom. The number of rotatable bonds is 2. The van der Waals surface area contributed by atoms with Crippen LogP contribution in [0.5, 0.6) is 0 Å². The third kappa shape index (κ3) is 2.22. The monoisotopic (exact) mass is 368 g/mol. The Hall–Kier alpha value is -2.86. The SMILES string of the molecule is CN1C(=O)C2N(c3ccccc3)C(Cl)=NC2(C)N(c2ccccc2)C1=O. The topological polar surface area (TPSA) is 56.2 Å². The standard InChI is InChI=1S/C19H17ClN4O2/c1-19-15(23(17(20)21-19)13-9-5-3-6-10-13)16(25)22(2)18(26)24(19)14-11-7-4-8-12-14/h3-12,15H,1-2H3. The van der Waals surface area contributed by atoms with Gasteiger partial charge in [-0.15, -0.1) is 0 Å². The van der Waals surface area contributed by atoms with E-state index in [-0.39, 0.29) is 11.2 Å². The van der Waals surface area contributed by atoms with Crippen molar-refractivity contribution in [2.45, 2.75) is 18.6 Å². The lowest BCUT2D eigenvalue weighted by molar-refractivity contribution is -0.130. The second-order valence-electron chi connectivity index (χ2n) is 6.43. The number of para-hydroxylation sites is 2. The van der Waals surface area contributed by atoms with Crippen LogP contribution in [-0.4, -0.2) is 40.9 Å². The van der Waals surface area contributed by atoms with Crippen LogP contribution in [0.1, 0.15) is 6.92 Å². The molecule has 0 spiro atoms. The number of hydrogen-bond donors (Lipinski definition) is 0. The molecular formula is C19H17ClN4O2. The Balaban J connectivity index is 1.89. The Bertz CT molecular complexity index is 902. The molecule has 0 bridgehead atoms. The summed E-state index contributed by atoms with van der Waals surface area (Å²) in [5.74, 6) is -0.340. The lowest BCUT2D eigenvalue weighted by Gasteiger charge is -2.47. The van der Waals surface area contributed by atoms with E-state index in [0.717, 1.165) is 10.6 Å². The maximum atomic E-state index is 13.0. The van der Waals surface area contributed by atoms with E-state index in [4.69, 9.17) is 11.6 Å². The molecule has 2 atom stereocenters. The van der Waals surface area contributed by atoms with Gasteiger partial charge in [-0.3, -0.25) is 19.5 Å². The number of likely N-dealkylation sites (N-methyl/N-ethyl adjacent to an activating group) is 1. The lowest BCUT2D eigenvalue weighted by atomic mass is 9.95. The van der Waals surface area contributed by atoms with Crippen LogP contribution in [0.4, 0.5) is 16.2 Å². The van der Waals surface area contributed by atoms with Crippen LogP contribution in [-0.2, 0) is 4.79 Å². The predicted molar refractivity (Wildman–Crippen MR) is 101 cm³/mol. The summed E-state index contributed by atoms with van der Waals surface area (Å²) in [6, 6.07) is 17.4. The molecular weight excluding hydrogens is 352 g/mol. The van der Waals surface area contributed by atoms with Crippen molar-refractivity contribution in [1.29, 1.82) is 0 Å². The second kappa shape index (κ2) is 5.85. The van der Waals surface area contributed by atoms with Gasteiger partial charge in [0.05, 0.1) is 0 Å². The molecule has 0 radical (unpaired) electrons. The first-order chi connectivity index (χ1) is 12.4. The van der Waals surface area contributed by atoms with Gasteiger partial charge in [-0.25, -0.2) is 9.79 Å². The van der Waals surface area contributed by atoms with Gasteiger partial charge in [-0.1, -0.05) is 36.4 Å². The normalized spacial score (nSPS) is 25.4. The molecule has 6 nitrogen and oxygen atoms in total. The highest BCUT2D eigenvalue weighted by Gasteiger charge is 2.60. The molecule has 132 valence electrons. The Morgan fingerprint density at radius 2 is 1.50 bits per heavy atom. The zero-order chi connectivity index (χ0) is 18.5. The first-order valence-electron chi connectivity index (χ1n) is 8.21. The number of benzene rings is 2. The van der Waals surface area contributed by atoms with E-state index >= 15 is 0 Å². The smallest absolute Gasteiger partial charge is 0.300 e. The number of aliphatic imine (C=N–C) groups is 1. The average molecular weight is 369 g/mol. The quantitative estimate of drug-likeness (QED) is 0.764. The Kier molecular flexibility index (Phi) is 3.73. The number of carbonyl (C=O) groups is 2. The van der Waals surface area contributed by atoms with Gasteiger partial charge in [0.25, 0.3) is 5.91 Å². The van der Waals surface area contributed by atoms with Gasteiger partial charge < -0.3 is 0 Å². The summed E-state index contributed by atoms with van der Waals surface area (Å²) in [5.41, 5.74) is 0.265. The Morgan fingerprint density at radius 3 is 2.08 bits per heavy atom. The summed E-state index contributed by atoms with van der Waals surface area (Å²) >= 11 is 6.46. The van der Waals surface area contributed by atoms with E-state index in [9.17, 15) is 9.59 Å². The molecule has 2 heterocycles. The van der Waals surface area contributed by atoms with Crippen molar-refractivity contribution >= 4 is 40.2 Å². The molecule has 0 N–H and O–H groups in total. The first kappa shape index (κ1) is 16.6. The molecule has 0 aromatic heterocycles. The minimum absolute atomic E-state index is 0.182. The van der Waals surface area contributed by atoms with Crippen LogP contribution >= 0.6 is 11.6 Å². The van der Waals surface area contributed by atoms with Crippen LogP contribution in [0.3, 0.4) is 0 Å². The van der Waals surface area contributed by atoms with E-state index < -0.39 is 17.7 Å². The largest absolute Gasteiger partial charge is 0.333 e. The van der Waals surface area contributed by atoms with Gasteiger partial charge in [0.15, 0.2) is 11.7 Å². The van der Waals surface area contributed by atoms with Gasteiger partial charge in [0, 0.05) is 18.4 Å². The number of imide groups is 1. The third-order valence-corrected chi connectivity index (χ3v) is 5.10. The zero-order valence-electron chi connectivity index (χ0n) is 14.3. The third-order valence-electron chi connectivity index (χ3n) is 4.84. The number of carbonyl (C=O) groups excluding carboxylic acids is 2. The van der Waals surface area contributed by atoms with Crippen molar-refractivity contribution in [1.82, 2.24) is 4.90 Å². The number of urea groups is 1. The fourth-order valence-electron chi connectivity index (χ4n) is 3.58. The maximum absolute atomic E-state index is 13.0. The molecule has 2 aliphatic rings. The minimum Gasteiger partial charge on any atom is -0.300 e. The van der Waals surface area contributed by atoms with Gasteiger partial charge in [-0.05, 0) is 42.8 Å². The van der Waals surface area contributed by atoms with E-state index in [1.807, 2.05) is 60.7 Å². The predicted octanol–water partition coefficient (Wildman–Crippen LogP) is 3.28. The van der Waals surface area contributed by atoms with Crippen LogP contribution in [0, 0.1) is 0 Å². The molecule has 2 aliphatic heterocycles. The zero-order valence-corrected chi connectivity index (χ0v) is 15.1. The Labute approximate surface area is 156 Å². The number of fused-ring (bicyclic) bond motifs is 1. The highest BCUT2D eigenvalue weighted by atomic mass is 35.5. The summed E-state index contributed by atoms with van der Waals surface area (Å²) in [5, 5.41) is 0.182. The van der Waals surface area contributed by atoms with Gasteiger partial charge in [-0.2, -0.15) is 0 Å². The number of amidine groups is 1. The van der Waals surface area contributed by atoms with Crippen LogP contribution in [0.15, 0.2) is 65.7 Å². The fraction of sp³-hybridized carbons (Fsp3) is 0.211. The number of anilines is 2. The first-order valence-corrected chi connectivity index (χ1v) is 8.59.